The maximum absolute atomic E-state index is 11.6. The van der Waals surface area contributed by atoms with Crippen molar-refractivity contribution in [1.29, 1.82) is 10.5 Å². The zero-order valence-corrected chi connectivity index (χ0v) is 9.38. The molecule has 0 amide bonds. The lowest BCUT2D eigenvalue weighted by Crippen LogP contribution is -2.34. The molecule has 0 spiro atoms. The van der Waals surface area contributed by atoms with Crippen molar-refractivity contribution in [1.82, 2.24) is 0 Å². The summed E-state index contributed by atoms with van der Waals surface area (Å²) in [6, 6.07) is 4.15. The summed E-state index contributed by atoms with van der Waals surface area (Å²) in [6.07, 6.45) is 3.49. The average Bonchev–Trinajstić information content (AvgIpc) is 2.28. The summed E-state index contributed by atoms with van der Waals surface area (Å²) >= 11 is 0. The molecule has 0 saturated heterocycles. The number of hydrogen-bond donors (Lipinski definition) is 0. The van der Waals surface area contributed by atoms with Crippen molar-refractivity contribution >= 4 is 5.97 Å². The van der Waals surface area contributed by atoms with E-state index in [9.17, 15) is 4.79 Å². The molecular formula is C12H14N2O2. The van der Waals surface area contributed by atoms with Crippen LogP contribution in [0.4, 0.5) is 0 Å². The van der Waals surface area contributed by atoms with Crippen LogP contribution in [0.5, 0.6) is 0 Å². The van der Waals surface area contributed by atoms with Gasteiger partial charge in [0, 0.05) is 0 Å². The summed E-state index contributed by atoms with van der Waals surface area (Å²) in [7, 11) is 0. The van der Waals surface area contributed by atoms with E-state index in [0.29, 0.717) is 0 Å². The fourth-order valence-corrected chi connectivity index (χ4v) is 1.91. The number of carbonyl (C=O) groups excluding carboxylic acids is 1. The van der Waals surface area contributed by atoms with E-state index in [1.54, 1.807) is 13.0 Å². The van der Waals surface area contributed by atoms with E-state index in [-0.39, 0.29) is 12.5 Å². The molecule has 0 radical (unpaired) electrons. The molecular weight excluding hydrogens is 204 g/mol. The molecule has 1 rings (SSSR count). The normalized spacial score (nSPS) is 32.5. The minimum atomic E-state index is -0.607. The van der Waals surface area contributed by atoms with Crippen LogP contribution in [-0.4, -0.2) is 12.6 Å². The molecule has 0 bridgehead atoms. The summed E-state index contributed by atoms with van der Waals surface area (Å²) < 4.78 is 4.89. The highest BCUT2D eigenvalue weighted by Crippen LogP contribution is 2.34. The molecule has 1 aliphatic rings. The SMILES string of the molecule is CCOC(=O)C1C=CC(C)C(C#N)C1C#N. The average molecular weight is 218 g/mol. The van der Waals surface area contributed by atoms with Gasteiger partial charge in [-0.05, 0) is 12.8 Å². The lowest BCUT2D eigenvalue weighted by molar-refractivity contribution is -0.148. The molecule has 4 atom stereocenters. The number of carbonyl (C=O) groups is 1. The van der Waals surface area contributed by atoms with Gasteiger partial charge in [0.15, 0.2) is 0 Å². The van der Waals surface area contributed by atoms with Crippen LogP contribution in [0.15, 0.2) is 12.2 Å². The Balaban J connectivity index is 2.95. The van der Waals surface area contributed by atoms with E-state index >= 15 is 0 Å². The Morgan fingerprint density at radius 2 is 1.94 bits per heavy atom. The second kappa shape index (κ2) is 5.32. The van der Waals surface area contributed by atoms with Crippen LogP contribution in [0.1, 0.15) is 13.8 Å². The second-order valence-electron chi connectivity index (χ2n) is 3.83. The summed E-state index contributed by atoms with van der Waals surface area (Å²) in [6.45, 7) is 3.88. The van der Waals surface area contributed by atoms with Gasteiger partial charge in [-0.15, -0.1) is 0 Å². The van der Waals surface area contributed by atoms with Crippen LogP contribution >= 0.6 is 0 Å². The minimum Gasteiger partial charge on any atom is -0.466 e. The highest BCUT2D eigenvalue weighted by atomic mass is 16.5. The molecule has 1 aliphatic carbocycles. The molecule has 4 heteroatoms. The summed E-state index contributed by atoms with van der Waals surface area (Å²) in [5.41, 5.74) is 0. The summed E-state index contributed by atoms with van der Waals surface area (Å²) in [4.78, 5) is 11.6. The molecule has 0 aromatic carbocycles. The molecule has 0 N–H and O–H groups in total. The highest BCUT2D eigenvalue weighted by Gasteiger charge is 2.39. The quantitative estimate of drug-likeness (QED) is 0.521. The first-order valence-electron chi connectivity index (χ1n) is 5.29. The fraction of sp³-hybridized carbons (Fsp3) is 0.583. The number of nitriles is 2. The minimum absolute atomic E-state index is 0.000302. The predicted molar refractivity (Wildman–Crippen MR) is 56.6 cm³/mol. The summed E-state index contributed by atoms with van der Waals surface area (Å²) in [5.74, 6) is -2.07. The lowest BCUT2D eigenvalue weighted by Gasteiger charge is -2.28. The van der Waals surface area contributed by atoms with Crippen LogP contribution in [0.3, 0.4) is 0 Å². The largest absolute Gasteiger partial charge is 0.466 e. The summed E-state index contributed by atoms with van der Waals surface area (Å²) in [5, 5.41) is 18.1. The van der Waals surface area contributed by atoms with Crippen molar-refractivity contribution in [3.05, 3.63) is 12.2 Å². The Morgan fingerprint density at radius 3 is 2.44 bits per heavy atom. The van der Waals surface area contributed by atoms with Crippen molar-refractivity contribution in [3.63, 3.8) is 0 Å². The van der Waals surface area contributed by atoms with Gasteiger partial charge >= 0.3 is 5.97 Å². The third-order valence-electron chi connectivity index (χ3n) is 2.82. The van der Waals surface area contributed by atoms with E-state index in [4.69, 9.17) is 15.3 Å². The van der Waals surface area contributed by atoms with Gasteiger partial charge in [-0.25, -0.2) is 0 Å². The maximum Gasteiger partial charge on any atom is 0.314 e. The molecule has 84 valence electrons. The third-order valence-corrected chi connectivity index (χ3v) is 2.82. The Kier molecular flexibility index (Phi) is 4.08. The number of ether oxygens (including phenoxy) is 1. The Hall–Kier alpha value is -1.81. The number of nitrogens with zero attached hydrogens (tertiary/aromatic N) is 2. The molecule has 0 saturated carbocycles. The first-order valence-corrected chi connectivity index (χ1v) is 5.29. The molecule has 16 heavy (non-hydrogen) atoms. The molecule has 4 nitrogen and oxygen atoms in total. The van der Waals surface area contributed by atoms with Gasteiger partial charge in [0.25, 0.3) is 0 Å². The van der Waals surface area contributed by atoms with Crippen molar-refractivity contribution in [2.45, 2.75) is 13.8 Å². The van der Waals surface area contributed by atoms with E-state index in [0.717, 1.165) is 0 Å². The van der Waals surface area contributed by atoms with E-state index < -0.39 is 23.7 Å². The van der Waals surface area contributed by atoms with Gasteiger partial charge in [-0.2, -0.15) is 10.5 Å². The van der Waals surface area contributed by atoms with Crippen LogP contribution in [0.2, 0.25) is 0 Å². The van der Waals surface area contributed by atoms with Gasteiger partial charge in [-0.1, -0.05) is 19.1 Å². The van der Waals surface area contributed by atoms with Crippen molar-refractivity contribution < 1.29 is 9.53 Å². The topological polar surface area (TPSA) is 73.9 Å². The van der Waals surface area contributed by atoms with Crippen LogP contribution in [0, 0.1) is 46.3 Å². The third kappa shape index (κ3) is 2.23. The van der Waals surface area contributed by atoms with Gasteiger partial charge in [0.1, 0.15) is 0 Å². The van der Waals surface area contributed by atoms with Gasteiger partial charge in [0.05, 0.1) is 36.5 Å². The van der Waals surface area contributed by atoms with E-state index in [1.165, 1.54) is 0 Å². The number of allylic oxidation sites excluding steroid dienone is 1. The van der Waals surface area contributed by atoms with Crippen LogP contribution < -0.4 is 0 Å². The van der Waals surface area contributed by atoms with Gasteiger partial charge in [-0.3, -0.25) is 4.79 Å². The lowest BCUT2D eigenvalue weighted by atomic mass is 9.72. The van der Waals surface area contributed by atoms with E-state index in [1.807, 2.05) is 13.0 Å². The molecule has 0 aromatic heterocycles. The number of rotatable bonds is 2. The Labute approximate surface area is 95.1 Å². The zero-order valence-electron chi connectivity index (χ0n) is 9.38. The first-order chi connectivity index (χ1) is 7.65. The first kappa shape index (κ1) is 12.3. The van der Waals surface area contributed by atoms with E-state index in [2.05, 4.69) is 12.1 Å². The van der Waals surface area contributed by atoms with Crippen molar-refractivity contribution in [2.24, 2.45) is 23.7 Å². The molecule has 0 aromatic rings. The number of hydrogen-bond acceptors (Lipinski definition) is 4. The standard InChI is InChI=1S/C12H14N2O2/c1-3-16-12(15)9-5-4-8(2)10(6-13)11(9)7-14/h4-5,8-11H,3H2,1-2H3. The highest BCUT2D eigenvalue weighted by molar-refractivity contribution is 5.75. The molecule has 0 fully saturated rings. The van der Waals surface area contributed by atoms with Crippen molar-refractivity contribution in [3.8, 4) is 12.1 Å². The fourth-order valence-electron chi connectivity index (χ4n) is 1.91. The molecule has 4 unspecified atom stereocenters. The van der Waals surface area contributed by atoms with Gasteiger partial charge in [0.2, 0.25) is 0 Å². The smallest absolute Gasteiger partial charge is 0.314 e. The second-order valence-corrected chi connectivity index (χ2v) is 3.83. The monoisotopic (exact) mass is 218 g/mol. The van der Waals surface area contributed by atoms with Crippen LogP contribution in [-0.2, 0) is 9.53 Å². The van der Waals surface area contributed by atoms with Crippen molar-refractivity contribution in [2.75, 3.05) is 6.61 Å². The Morgan fingerprint density at radius 1 is 1.31 bits per heavy atom. The number of esters is 1. The molecule has 0 heterocycles. The molecule has 0 aliphatic heterocycles. The zero-order chi connectivity index (χ0) is 12.1. The maximum atomic E-state index is 11.6. The van der Waals surface area contributed by atoms with Crippen LogP contribution in [0.25, 0.3) is 0 Å². The Bertz CT molecular complexity index is 375. The predicted octanol–water partition coefficient (Wildman–Crippen LogP) is 1.65. The van der Waals surface area contributed by atoms with Gasteiger partial charge < -0.3 is 4.74 Å².